The quantitative estimate of drug-likeness (QED) is 0.823. The topological polar surface area (TPSA) is 55.4 Å². The number of esters is 1. The third-order valence-electron chi connectivity index (χ3n) is 3.03. The highest BCUT2D eigenvalue weighted by Gasteiger charge is 2.10. The van der Waals surface area contributed by atoms with Crippen molar-refractivity contribution in [1.82, 2.24) is 0 Å². The minimum Gasteiger partial charge on any atom is -0.452 e. The van der Waals surface area contributed by atoms with Gasteiger partial charge in [-0.3, -0.25) is 4.79 Å². The SMILES string of the molecule is CCc1cccc(NC(=O)COC(=O)c2ccc(Br)cc2)c1. The molecule has 0 fully saturated rings. The van der Waals surface area contributed by atoms with E-state index in [1.165, 1.54) is 0 Å². The number of benzene rings is 2. The number of halogens is 1. The first-order chi connectivity index (χ1) is 10.6. The van der Waals surface area contributed by atoms with Gasteiger partial charge in [-0.1, -0.05) is 35.0 Å². The number of amides is 1. The van der Waals surface area contributed by atoms with Crippen LogP contribution < -0.4 is 5.32 Å². The van der Waals surface area contributed by atoms with Crippen molar-refractivity contribution in [2.45, 2.75) is 13.3 Å². The largest absolute Gasteiger partial charge is 0.452 e. The Hall–Kier alpha value is -2.14. The Morgan fingerprint density at radius 2 is 1.86 bits per heavy atom. The fraction of sp³-hybridized carbons (Fsp3) is 0.176. The fourth-order valence-corrected chi connectivity index (χ4v) is 2.13. The summed E-state index contributed by atoms with van der Waals surface area (Å²) in [4.78, 5) is 23.6. The van der Waals surface area contributed by atoms with Gasteiger partial charge in [-0.25, -0.2) is 4.79 Å². The molecular weight excluding hydrogens is 346 g/mol. The minimum atomic E-state index is -0.523. The van der Waals surface area contributed by atoms with E-state index in [9.17, 15) is 9.59 Å². The normalized spacial score (nSPS) is 10.1. The number of hydrogen-bond acceptors (Lipinski definition) is 3. The lowest BCUT2D eigenvalue weighted by Gasteiger charge is -2.08. The van der Waals surface area contributed by atoms with Gasteiger partial charge in [0.15, 0.2) is 6.61 Å². The van der Waals surface area contributed by atoms with Crippen LogP contribution >= 0.6 is 15.9 Å². The van der Waals surface area contributed by atoms with Gasteiger partial charge in [0, 0.05) is 10.2 Å². The smallest absolute Gasteiger partial charge is 0.338 e. The predicted molar refractivity (Wildman–Crippen MR) is 88.9 cm³/mol. The van der Waals surface area contributed by atoms with Crippen LogP contribution in [0.4, 0.5) is 5.69 Å². The molecule has 0 atom stereocenters. The molecule has 2 aromatic carbocycles. The Balaban J connectivity index is 1.87. The van der Waals surface area contributed by atoms with Crippen molar-refractivity contribution in [2.75, 3.05) is 11.9 Å². The number of carbonyl (C=O) groups excluding carboxylic acids is 2. The number of hydrogen-bond donors (Lipinski definition) is 1. The summed E-state index contributed by atoms with van der Waals surface area (Å²) >= 11 is 3.29. The van der Waals surface area contributed by atoms with E-state index >= 15 is 0 Å². The maximum atomic E-state index is 11.8. The Morgan fingerprint density at radius 1 is 1.14 bits per heavy atom. The summed E-state index contributed by atoms with van der Waals surface area (Å²) in [5.41, 5.74) is 2.23. The zero-order valence-electron chi connectivity index (χ0n) is 12.1. The first kappa shape index (κ1) is 16.2. The molecule has 0 aromatic heterocycles. The zero-order chi connectivity index (χ0) is 15.9. The van der Waals surface area contributed by atoms with E-state index in [1.54, 1.807) is 30.3 Å². The maximum absolute atomic E-state index is 11.8. The summed E-state index contributed by atoms with van der Waals surface area (Å²) in [7, 11) is 0. The molecule has 0 saturated heterocycles. The van der Waals surface area contributed by atoms with Crippen molar-refractivity contribution in [3.63, 3.8) is 0 Å². The van der Waals surface area contributed by atoms with Gasteiger partial charge >= 0.3 is 5.97 Å². The van der Waals surface area contributed by atoms with E-state index in [0.717, 1.165) is 16.5 Å². The molecular formula is C17H16BrNO3. The minimum absolute atomic E-state index is 0.314. The van der Waals surface area contributed by atoms with Crippen LogP contribution in [0, 0.1) is 0 Å². The molecule has 2 aromatic rings. The predicted octanol–water partition coefficient (Wildman–Crippen LogP) is 3.81. The average molecular weight is 362 g/mol. The molecule has 22 heavy (non-hydrogen) atoms. The molecule has 114 valence electrons. The molecule has 0 spiro atoms. The monoisotopic (exact) mass is 361 g/mol. The zero-order valence-corrected chi connectivity index (χ0v) is 13.7. The average Bonchev–Trinajstić information content (AvgIpc) is 2.53. The molecule has 1 N–H and O–H groups in total. The first-order valence-electron chi connectivity index (χ1n) is 6.90. The van der Waals surface area contributed by atoms with Crippen molar-refractivity contribution < 1.29 is 14.3 Å². The third-order valence-corrected chi connectivity index (χ3v) is 3.56. The number of ether oxygens (including phenoxy) is 1. The van der Waals surface area contributed by atoms with Gasteiger partial charge in [0.25, 0.3) is 5.91 Å². The standard InChI is InChI=1S/C17H16BrNO3/c1-2-12-4-3-5-15(10-12)19-16(20)11-22-17(21)13-6-8-14(18)9-7-13/h3-10H,2,11H2,1H3,(H,19,20). The molecule has 4 nitrogen and oxygen atoms in total. The summed E-state index contributed by atoms with van der Waals surface area (Å²) in [6.45, 7) is 1.73. The molecule has 0 heterocycles. The summed E-state index contributed by atoms with van der Waals surface area (Å²) in [6.07, 6.45) is 0.891. The molecule has 0 bridgehead atoms. The van der Waals surface area contributed by atoms with Crippen LogP contribution in [0.25, 0.3) is 0 Å². The highest BCUT2D eigenvalue weighted by molar-refractivity contribution is 9.10. The van der Waals surface area contributed by atoms with Crippen molar-refractivity contribution in [3.8, 4) is 0 Å². The van der Waals surface area contributed by atoms with Crippen LogP contribution in [0.3, 0.4) is 0 Å². The summed E-state index contributed by atoms with van der Waals surface area (Å²) in [5, 5.41) is 2.71. The van der Waals surface area contributed by atoms with Gasteiger partial charge in [0.2, 0.25) is 0 Å². The highest BCUT2D eigenvalue weighted by atomic mass is 79.9. The van der Waals surface area contributed by atoms with Gasteiger partial charge in [0.1, 0.15) is 0 Å². The van der Waals surface area contributed by atoms with Crippen LogP contribution in [0.2, 0.25) is 0 Å². The number of nitrogens with one attached hydrogen (secondary N) is 1. The Bertz CT molecular complexity index is 668. The molecule has 2 rings (SSSR count). The Kier molecular flexibility index (Phi) is 5.72. The van der Waals surface area contributed by atoms with Gasteiger partial charge in [0.05, 0.1) is 5.56 Å². The molecule has 0 aliphatic heterocycles. The van der Waals surface area contributed by atoms with Crippen LogP contribution in [0.15, 0.2) is 53.0 Å². The van der Waals surface area contributed by atoms with Gasteiger partial charge < -0.3 is 10.1 Å². The second-order valence-electron chi connectivity index (χ2n) is 4.69. The van der Waals surface area contributed by atoms with Crippen LogP contribution in [0.5, 0.6) is 0 Å². The summed E-state index contributed by atoms with van der Waals surface area (Å²) in [5.74, 6) is -0.885. The van der Waals surface area contributed by atoms with E-state index in [-0.39, 0.29) is 12.5 Å². The summed E-state index contributed by atoms with van der Waals surface area (Å²) in [6, 6.07) is 14.3. The Labute approximate surface area is 137 Å². The molecule has 0 radical (unpaired) electrons. The van der Waals surface area contributed by atoms with Gasteiger partial charge in [-0.2, -0.15) is 0 Å². The molecule has 5 heteroatoms. The van der Waals surface area contributed by atoms with E-state index < -0.39 is 5.97 Å². The fourth-order valence-electron chi connectivity index (χ4n) is 1.87. The molecule has 0 unspecified atom stereocenters. The van der Waals surface area contributed by atoms with Gasteiger partial charge in [-0.05, 0) is 48.4 Å². The molecule has 0 aliphatic rings. The van der Waals surface area contributed by atoms with Crippen LogP contribution in [0.1, 0.15) is 22.8 Å². The summed E-state index contributed by atoms with van der Waals surface area (Å²) < 4.78 is 5.87. The van der Waals surface area contributed by atoms with E-state index in [4.69, 9.17) is 4.74 Å². The third kappa shape index (κ3) is 4.70. The van der Waals surface area contributed by atoms with E-state index in [1.807, 2.05) is 25.1 Å². The van der Waals surface area contributed by atoms with E-state index in [2.05, 4.69) is 21.2 Å². The van der Waals surface area contributed by atoms with Crippen LogP contribution in [-0.2, 0) is 16.0 Å². The highest BCUT2D eigenvalue weighted by Crippen LogP contribution is 2.12. The van der Waals surface area contributed by atoms with Crippen molar-refractivity contribution in [1.29, 1.82) is 0 Å². The first-order valence-corrected chi connectivity index (χ1v) is 7.69. The van der Waals surface area contributed by atoms with Crippen molar-refractivity contribution in [3.05, 3.63) is 64.1 Å². The Morgan fingerprint density at radius 3 is 2.55 bits per heavy atom. The lowest BCUT2D eigenvalue weighted by atomic mass is 10.1. The number of aryl methyl sites for hydroxylation is 1. The van der Waals surface area contributed by atoms with Crippen LogP contribution in [-0.4, -0.2) is 18.5 Å². The van der Waals surface area contributed by atoms with E-state index in [0.29, 0.717) is 11.3 Å². The maximum Gasteiger partial charge on any atom is 0.338 e. The second kappa shape index (κ2) is 7.75. The second-order valence-corrected chi connectivity index (χ2v) is 5.60. The lowest BCUT2D eigenvalue weighted by Crippen LogP contribution is -2.21. The molecule has 0 aliphatic carbocycles. The number of carbonyl (C=O) groups is 2. The number of rotatable bonds is 5. The lowest BCUT2D eigenvalue weighted by molar-refractivity contribution is -0.119. The van der Waals surface area contributed by atoms with Gasteiger partial charge in [-0.15, -0.1) is 0 Å². The van der Waals surface area contributed by atoms with Crippen molar-refractivity contribution >= 4 is 33.5 Å². The number of anilines is 1. The molecule has 0 saturated carbocycles. The van der Waals surface area contributed by atoms with Crippen molar-refractivity contribution in [2.24, 2.45) is 0 Å². The molecule has 1 amide bonds.